The minimum Gasteiger partial charge on any atom is -0.493 e. The molecule has 0 aliphatic carbocycles. The van der Waals surface area contributed by atoms with Gasteiger partial charge in [-0.2, -0.15) is 5.10 Å². The molecule has 1 aliphatic heterocycles. The van der Waals surface area contributed by atoms with E-state index in [1.54, 1.807) is 30.4 Å². The Bertz CT molecular complexity index is 1240. The quantitative estimate of drug-likeness (QED) is 0.339. The Balaban J connectivity index is 1.54. The van der Waals surface area contributed by atoms with Crippen LogP contribution in [0.2, 0.25) is 0 Å². The molecule has 2 aromatic carbocycles. The van der Waals surface area contributed by atoms with Gasteiger partial charge in [-0.25, -0.2) is 4.68 Å². The van der Waals surface area contributed by atoms with Gasteiger partial charge in [0.25, 0.3) is 5.91 Å². The van der Waals surface area contributed by atoms with Gasteiger partial charge in [0.05, 0.1) is 38.8 Å². The summed E-state index contributed by atoms with van der Waals surface area (Å²) in [6.45, 7) is 6.49. The van der Waals surface area contributed by atoms with Crippen LogP contribution < -0.4 is 14.3 Å². The van der Waals surface area contributed by atoms with E-state index in [4.69, 9.17) is 19.3 Å². The molecule has 0 unspecified atom stereocenters. The first-order chi connectivity index (χ1) is 17.2. The number of benzene rings is 2. The number of aromatic nitrogens is 1. The van der Waals surface area contributed by atoms with E-state index >= 15 is 0 Å². The minimum atomic E-state index is -0.0703. The third kappa shape index (κ3) is 6.26. The van der Waals surface area contributed by atoms with Crippen molar-refractivity contribution in [3.8, 4) is 22.8 Å². The van der Waals surface area contributed by atoms with Crippen molar-refractivity contribution < 1.29 is 19.0 Å². The lowest BCUT2D eigenvalue weighted by molar-refractivity contribution is -0.137. The number of morpholine rings is 1. The maximum absolute atomic E-state index is 12.4. The van der Waals surface area contributed by atoms with E-state index in [2.05, 4.69) is 11.6 Å². The molecule has 8 nitrogen and oxygen atoms in total. The predicted molar refractivity (Wildman–Crippen MR) is 137 cm³/mol. The zero-order valence-corrected chi connectivity index (χ0v) is 20.4. The zero-order valence-electron chi connectivity index (χ0n) is 19.6. The van der Waals surface area contributed by atoms with E-state index in [1.807, 2.05) is 52.5 Å². The smallest absolute Gasteiger partial charge is 0.260 e. The Morgan fingerprint density at radius 1 is 1.17 bits per heavy atom. The van der Waals surface area contributed by atoms with Gasteiger partial charge in [-0.05, 0) is 23.8 Å². The monoisotopic (exact) mass is 492 g/mol. The van der Waals surface area contributed by atoms with Crippen molar-refractivity contribution in [3.05, 3.63) is 76.9 Å². The van der Waals surface area contributed by atoms with Crippen molar-refractivity contribution in [1.29, 1.82) is 0 Å². The van der Waals surface area contributed by atoms with Gasteiger partial charge in [0.1, 0.15) is 0 Å². The van der Waals surface area contributed by atoms with Gasteiger partial charge in [0.15, 0.2) is 18.1 Å². The fourth-order valence-electron chi connectivity index (χ4n) is 3.52. The summed E-state index contributed by atoms with van der Waals surface area (Å²) in [6, 6.07) is 15.5. The summed E-state index contributed by atoms with van der Waals surface area (Å²) < 4.78 is 18.4. The molecule has 0 bridgehead atoms. The van der Waals surface area contributed by atoms with Crippen LogP contribution in [-0.2, 0) is 9.53 Å². The lowest BCUT2D eigenvalue weighted by Crippen LogP contribution is -2.43. The van der Waals surface area contributed by atoms with Crippen LogP contribution in [0.25, 0.3) is 11.3 Å². The Labute approximate surface area is 208 Å². The number of carbonyl (C=O) groups excluding carboxylic acids is 1. The third-order valence-corrected chi connectivity index (χ3v) is 6.19. The van der Waals surface area contributed by atoms with E-state index < -0.39 is 0 Å². The van der Waals surface area contributed by atoms with Crippen LogP contribution >= 0.6 is 11.3 Å². The second-order valence-corrected chi connectivity index (χ2v) is 8.48. The molecule has 1 aliphatic rings. The Kier molecular flexibility index (Phi) is 8.48. The highest BCUT2D eigenvalue weighted by molar-refractivity contribution is 7.07. The molecule has 0 spiro atoms. The van der Waals surface area contributed by atoms with Gasteiger partial charge in [0.2, 0.25) is 4.80 Å². The van der Waals surface area contributed by atoms with E-state index in [0.717, 1.165) is 21.6 Å². The number of nitrogens with zero attached hydrogens (tertiary/aromatic N) is 4. The summed E-state index contributed by atoms with van der Waals surface area (Å²) >= 11 is 1.52. The molecule has 1 amide bonds. The van der Waals surface area contributed by atoms with E-state index in [1.165, 1.54) is 11.3 Å². The molecule has 35 heavy (non-hydrogen) atoms. The highest BCUT2D eigenvalue weighted by Crippen LogP contribution is 2.28. The van der Waals surface area contributed by atoms with Crippen LogP contribution in [-0.4, -0.2) is 68.3 Å². The normalized spacial score (nSPS) is 14.3. The summed E-state index contributed by atoms with van der Waals surface area (Å²) in [5, 5.41) is 6.75. The summed E-state index contributed by atoms with van der Waals surface area (Å²) in [5.41, 5.74) is 2.82. The molecule has 182 valence electrons. The molecule has 2 heterocycles. The first-order valence-corrected chi connectivity index (χ1v) is 12.2. The zero-order chi connectivity index (χ0) is 24.5. The number of ether oxygens (including phenoxy) is 3. The Morgan fingerprint density at radius 3 is 2.71 bits per heavy atom. The van der Waals surface area contributed by atoms with Gasteiger partial charge < -0.3 is 19.1 Å². The van der Waals surface area contributed by atoms with Gasteiger partial charge in [0, 0.05) is 24.0 Å². The highest BCUT2D eigenvalue weighted by Gasteiger charge is 2.18. The number of carbonyl (C=O) groups is 1. The number of hydrogen-bond donors (Lipinski definition) is 0. The molecule has 1 aromatic heterocycles. The number of methoxy groups -OCH3 is 1. The van der Waals surface area contributed by atoms with Crippen molar-refractivity contribution in [2.24, 2.45) is 10.1 Å². The number of amides is 1. The molecule has 9 heteroatoms. The standard InChI is InChI=1S/C26H28N4O4S/c1-3-11-27-26-30(22(19-35-26)21-7-5-4-6-8-21)28-17-20-9-10-23(24(16-20)32-2)34-18-25(31)29-12-14-33-15-13-29/h3-10,16-17,19H,1,11-15,18H2,2H3. The van der Waals surface area contributed by atoms with Crippen LogP contribution in [0.4, 0.5) is 0 Å². The molecule has 0 saturated carbocycles. The van der Waals surface area contributed by atoms with Crippen LogP contribution in [0.3, 0.4) is 0 Å². The SMILES string of the molecule is C=CCN=c1scc(-c2ccccc2)n1N=Cc1ccc(OCC(=O)N2CCOCC2)c(OC)c1. The van der Waals surface area contributed by atoms with E-state index in [-0.39, 0.29) is 12.5 Å². The molecule has 4 rings (SSSR count). The van der Waals surface area contributed by atoms with Crippen molar-refractivity contribution >= 4 is 23.5 Å². The summed E-state index contributed by atoms with van der Waals surface area (Å²) in [6.07, 6.45) is 3.50. The first kappa shape index (κ1) is 24.4. The van der Waals surface area contributed by atoms with Gasteiger partial charge in [-0.1, -0.05) is 36.4 Å². The van der Waals surface area contributed by atoms with Crippen molar-refractivity contribution in [2.45, 2.75) is 0 Å². The Morgan fingerprint density at radius 2 is 1.97 bits per heavy atom. The van der Waals surface area contributed by atoms with Crippen LogP contribution in [0, 0.1) is 0 Å². The van der Waals surface area contributed by atoms with Crippen LogP contribution in [0.1, 0.15) is 5.56 Å². The lowest BCUT2D eigenvalue weighted by Gasteiger charge is -2.26. The number of hydrogen-bond acceptors (Lipinski definition) is 7. The summed E-state index contributed by atoms with van der Waals surface area (Å²) in [7, 11) is 1.57. The minimum absolute atomic E-state index is 0.0524. The lowest BCUT2D eigenvalue weighted by atomic mass is 10.2. The molecular formula is C26H28N4O4S. The average molecular weight is 493 g/mol. The molecular weight excluding hydrogens is 464 g/mol. The Hall–Kier alpha value is -3.69. The first-order valence-electron chi connectivity index (χ1n) is 11.3. The van der Waals surface area contributed by atoms with Crippen LogP contribution in [0.15, 0.2) is 76.7 Å². The largest absolute Gasteiger partial charge is 0.493 e. The molecule has 1 saturated heterocycles. The average Bonchev–Trinajstić information content (AvgIpc) is 3.33. The molecule has 1 fully saturated rings. The summed E-state index contributed by atoms with van der Waals surface area (Å²) in [4.78, 5) is 19.5. The van der Waals surface area contributed by atoms with Gasteiger partial charge in [-0.15, -0.1) is 17.9 Å². The fourth-order valence-corrected chi connectivity index (χ4v) is 4.37. The predicted octanol–water partition coefficient (Wildman–Crippen LogP) is 3.43. The topological polar surface area (TPSA) is 77.7 Å². The maximum atomic E-state index is 12.4. The molecule has 0 radical (unpaired) electrons. The van der Waals surface area contributed by atoms with Crippen LogP contribution in [0.5, 0.6) is 11.5 Å². The highest BCUT2D eigenvalue weighted by atomic mass is 32.1. The van der Waals surface area contributed by atoms with Crippen molar-refractivity contribution in [1.82, 2.24) is 9.58 Å². The van der Waals surface area contributed by atoms with Gasteiger partial charge in [-0.3, -0.25) is 9.79 Å². The fraction of sp³-hybridized carbons (Fsp3) is 0.269. The molecule has 0 atom stereocenters. The van der Waals surface area contributed by atoms with E-state index in [0.29, 0.717) is 44.3 Å². The molecule has 3 aromatic rings. The maximum Gasteiger partial charge on any atom is 0.260 e. The second kappa shape index (κ2) is 12.1. The van der Waals surface area contributed by atoms with E-state index in [9.17, 15) is 4.79 Å². The second-order valence-electron chi connectivity index (χ2n) is 7.65. The number of thiazole rings is 1. The van der Waals surface area contributed by atoms with Crippen molar-refractivity contribution in [2.75, 3.05) is 46.6 Å². The summed E-state index contributed by atoms with van der Waals surface area (Å²) in [5.74, 6) is 0.957. The third-order valence-electron chi connectivity index (χ3n) is 5.34. The van der Waals surface area contributed by atoms with Gasteiger partial charge >= 0.3 is 0 Å². The van der Waals surface area contributed by atoms with Crippen molar-refractivity contribution in [3.63, 3.8) is 0 Å². The molecule has 0 N–H and O–H groups in total. The number of rotatable bonds is 9.